The van der Waals surface area contributed by atoms with Gasteiger partial charge in [-0.25, -0.2) is 0 Å². The monoisotopic (exact) mass is 290 g/mol. The van der Waals surface area contributed by atoms with Gasteiger partial charge in [-0.1, -0.05) is 48.0 Å². The number of hydrogen-bond acceptors (Lipinski definition) is 2. The Morgan fingerprint density at radius 3 is 2.32 bits per heavy atom. The summed E-state index contributed by atoms with van der Waals surface area (Å²) in [6.45, 7) is 2.28. The molecule has 1 amide bonds. The fraction of sp³-hybridized carbons (Fsp3) is 0.105. The number of carbonyl (C=O) groups is 1. The largest absolute Gasteiger partial charge is 0.376 e. The van der Waals surface area contributed by atoms with Crippen LogP contribution in [0.2, 0.25) is 0 Å². The van der Waals surface area contributed by atoms with Gasteiger partial charge in [0, 0.05) is 11.4 Å². The van der Waals surface area contributed by atoms with Gasteiger partial charge in [0.1, 0.15) is 0 Å². The molecule has 3 rings (SSSR count). The first kappa shape index (κ1) is 14.1. The number of nitrogens with one attached hydrogen (secondary N) is 2. The SMILES string of the molecule is Cc1ccc(NCC(=O)Nc2ccc3ccccc3c2)cc1. The van der Waals surface area contributed by atoms with Crippen LogP contribution in [0, 0.1) is 6.92 Å². The quantitative estimate of drug-likeness (QED) is 0.756. The second-order valence-electron chi connectivity index (χ2n) is 5.33. The highest BCUT2D eigenvalue weighted by Gasteiger charge is 2.03. The van der Waals surface area contributed by atoms with Gasteiger partial charge in [-0.2, -0.15) is 0 Å². The van der Waals surface area contributed by atoms with E-state index in [1.807, 2.05) is 67.6 Å². The van der Waals surface area contributed by atoms with E-state index in [9.17, 15) is 4.79 Å². The Hall–Kier alpha value is -2.81. The van der Waals surface area contributed by atoms with Crippen LogP contribution in [-0.2, 0) is 4.79 Å². The van der Waals surface area contributed by atoms with Crippen LogP contribution in [0.25, 0.3) is 10.8 Å². The summed E-state index contributed by atoms with van der Waals surface area (Å²) in [6.07, 6.45) is 0. The molecule has 0 aliphatic rings. The van der Waals surface area contributed by atoms with Crippen LogP contribution >= 0.6 is 0 Å². The Labute approximate surface area is 130 Å². The van der Waals surface area contributed by atoms with E-state index in [4.69, 9.17) is 0 Å². The van der Waals surface area contributed by atoms with Crippen LogP contribution < -0.4 is 10.6 Å². The van der Waals surface area contributed by atoms with Gasteiger partial charge in [0.15, 0.2) is 0 Å². The molecule has 0 saturated carbocycles. The summed E-state index contributed by atoms with van der Waals surface area (Å²) in [6, 6.07) is 22.0. The van der Waals surface area contributed by atoms with E-state index in [2.05, 4.69) is 16.7 Å². The van der Waals surface area contributed by atoms with E-state index < -0.39 is 0 Å². The second-order valence-corrected chi connectivity index (χ2v) is 5.33. The molecule has 3 aromatic carbocycles. The molecule has 0 radical (unpaired) electrons. The summed E-state index contributed by atoms with van der Waals surface area (Å²) in [5, 5.41) is 8.31. The molecule has 0 spiro atoms. The molecule has 0 aromatic heterocycles. The lowest BCUT2D eigenvalue weighted by Gasteiger charge is -2.09. The molecule has 0 aliphatic carbocycles. The second kappa shape index (κ2) is 6.31. The molecule has 0 aliphatic heterocycles. The Morgan fingerprint density at radius 1 is 0.864 bits per heavy atom. The smallest absolute Gasteiger partial charge is 0.243 e. The van der Waals surface area contributed by atoms with Crippen LogP contribution in [0.15, 0.2) is 66.7 Å². The minimum atomic E-state index is -0.0594. The van der Waals surface area contributed by atoms with Crippen LogP contribution in [0.5, 0.6) is 0 Å². The molecule has 0 fully saturated rings. The molecule has 0 atom stereocenters. The average Bonchev–Trinajstić information content (AvgIpc) is 2.54. The van der Waals surface area contributed by atoms with Gasteiger partial charge < -0.3 is 10.6 Å². The van der Waals surface area contributed by atoms with Gasteiger partial charge in [-0.3, -0.25) is 4.79 Å². The van der Waals surface area contributed by atoms with Crippen LogP contribution in [0.4, 0.5) is 11.4 Å². The molecule has 3 heteroatoms. The van der Waals surface area contributed by atoms with Crippen molar-refractivity contribution < 1.29 is 4.79 Å². The number of benzene rings is 3. The highest BCUT2D eigenvalue weighted by atomic mass is 16.1. The number of carbonyl (C=O) groups excluding carboxylic acids is 1. The third kappa shape index (κ3) is 3.44. The normalized spacial score (nSPS) is 10.4. The third-order valence-corrected chi connectivity index (χ3v) is 3.54. The predicted molar refractivity (Wildman–Crippen MR) is 92.2 cm³/mol. The van der Waals surface area contributed by atoms with Crippen LogP contribution in [0.3, 0.4) is 0 Å². The topological polar surface area (TPSA) is 41.1 Å². The Morgan fingerprint density at radius 2 is 1.55 bits per heavy atom. The highest BCUT2D eigenvalue weighted by Crippen LogP contribution is 2.18. The summed E-state index contributed by atoms with van der Waals surface area (Å²) in [7, 11) is 0. The number of aryl methyl sites for hydroxylation is 1. The fourth-order valence-electron chi connectivity index (χ4n) is 2.33. The maximum Gasteiger partial charge on any atom is 0.243 e. The Bertz CT molecular complexity index is 794. The van der Waals surface area contributed by atoms with Crippen molar-refractivity contribution in [3.8, 4) is 0 Å². The first-order chi connectivity index (χ1) is 10.7. The maximum absolute atomic E-state index is 12.0. The van der Waals surface area contributed by atoms with Crippen molar-refractivity contribution in [1.82, 2.24) is 0 Å². The number of fused-ring (bicyclic) bond motifs is 1. The van der Waals surface area contributed by atoms with Crippen molar-refractivity contribution in [2.24, 2.45) is 0 Å². The first-order valence-electron chi connectivity index (χ1n) is 7.30. The fourth-order valence-corrected chi connectivity index (χ4v) is 2.33. The molecule has 3 aromatic rings. The lowest BCUT2D eigenvalue weighted by molar-refractivity contribution is -0.114. The van der Waals surface area contributed by atoms with Crippen molar-refractivity contribution >= 4 is 28.1 Å². The molecule has 2 N–H and O–H groups in total. The number of hydrogen-bond donors (Lipinski definition) is 2. The Kier molecular flexibility index (Phi) is 4.05. The molecular weight excluding hydrogens is 272 g/mol. The molecule has 0 bridgehead atoms. The summed E-state index contributed by atoms with van der Waals surface area (Å²) >= 11 is 0. The minimum absolute atomic E-state index is 0.0594. The van der Waals surface area contributed by atoms with Crippen molar-refractivity contribution in [1.29, 1.82) is 0 Å². The Balaban J connectivity index is 1.61. The molecular formula is C19H18N2O. The number of amides is 1. The van der Waals surface area contributed by atoms with Gasteiger partial charge in [0.05, 0.1) is 6.54 Å². The van der Waals surface area contributed by atoms with Gasteiger partial charge in [-0.05, 0) is 42.0 Å². The molecule has 0 saturated heterocycles. The summed E-state index contributed by atoms with van der Waals surface area (Å²) in [5.74, 6) is -0.0594. The highest BCUT2D eigenvalue weighted by molar-refractivity contribution is 5.96. The third-order valence-electron chi connectivity index (χ3n) is 3.54. The van der Waals surface area contributed by atoms with E-state index in [-0.39, 0.29) is 12.5 Å². The first-order valence-corrected chi connectivity index (χ1v) is 7.30. The molecule has 110 valence electrons. The summed E-state index contributed by atoms with van der Waals surface area (Å²) in [5.41, 5.74) is 2.96. The summed E-state index contributed by atoms with van der Waals surface area (Å²) in [4.78, 5) is 12.0. The van der Waals surface area contributed by atoms with Gasteiger partial charge in [-0.15, -0.1) is 0 Å². The number of rotatable bonds is 4. The van der Waals surface area contributed by atoms with Gasteiger partial charge in [0.25, 0.3) is 0 Å². The summed E-state index contributed by atoms with van der Waals surface area (Å²) < 4.78 is 0. The lowest BCUT2D eigenvalue weighted by atomic mass is 10.1. The predicted octanol–water partition coefficient (Wildman–Crippen LogP) is 4.20. The average molecular weight is 290 g/mol. The number of anilines is 2. The zero-order valence-corrected chi connectivity index (χ0v) is 12.5. The van der Waals surface area contributed by atoms with E-state index in [1.54, 1.807) is 0 Å². The zero-order valence-electron chi connectivity index (χ0n) is 12.5. The van der Waals surface area contributed by atoms with E-state index in [1.165, 1.54) is 10.9 Å². The van der Waals surface area contributed by atoms with E-state index >= 15 is 0 Å². The van der Waals surface area contributed by atoms with E-state index in [0.29, 0.717) is 0 Å². The molecule has 3 nitrogen and oxygen atoms in total. The van der Waals surface area contributed by atoms with Crippen molar-refractivity contribution in [3.63, 3.8) is 0 Å². The van der Waals surface area contributed by atoms with Gasteiger partial charge >= 0.3 is 0 Å². The molecule has 0 heterocycles. The van der Waals surface area contributed by atoms with Crippen LogP contribution in [0.1, 0.15) is 5.56 Å². The molecule has 0 unspecified atom stereocenters. The maximum atomic E-state index is 12.0. The van der Waals surface area contributed by atoms with E-state index in [0.717, 1.165) is 16.8 Å². The van der Waals surface area contributed by atoms with Gasteiger partial charge in [0.2, 0.25) is 5.91 Å². The van der Waals surface area contributed by atoms with Crippen molar-refractivity contribution in [2.75, 3.05) is 17.2 Å². The van der Waals surface area contributed by atoms with Crippen molar-refractivity contribution in [3.05, 3.63) is 72.3 Å². The van der Waals surface area contributed by atoms with Crippen LogP contribution in [-0.4, -0.2) is 12.5 Å². The van der Waals surface area contributed by atoms with Crippen molar-refractivity contribution in [2.45, 2.75) is 6.92 Å². The lowest BCUT2D eigenvalue weighted by Crippen LogP contribution is -2.21. The standard InChI is InChI=1S/C19H18N2O/c1-14-6-9-17(10-7-14)20-13-19(22)21-18-11-8-15-4-2-3-5-16(15)12-18/h2-12,20H,13H2,1H3,(H,21,22). The zero-order chi connectivity index (χ0) is 15.4. The minimum Gasteiger partial charge on any atom is -0.376 e. The molecule has 22 heavy (non-hydrogen) atoms.